The zero-order valence-electron chi connectivity index (χ0n) is 18.4. The highest BCUT2D eigenvalue weighted by Gasteiger charge is 2.29. The van der Waals surface area contributed by atoms with Crippen molar-refractivity contribution in [3.8, 4) is 11.1 Å². The first-order chi connectivity index (χ1) is 16.0. The van der Waals surface area contributed by atoms with E-state index >= 15 is 0 Å². The third-order valence-corrected chi connectivity index (χ3v) is 6.13. The van der Waals surface area contributed by atoms with Gasteiger partial charge >= 0.3 is 12.1 Å². The van der Waals surface area contributed by atoms with Gasteiger partial charge in [0.05, 0.1) is 13.2 Å². The van der Waals surface area contributed by atoms with E-state index < -0.39 is 18.2 Å². The molecule has 1 heterocycles. The Morgan fingerprint density at radius 1 is 1.03 bits per heavy atom. The van der Waals surface area contributed by atoms with Crippen molar-refractivity contribution in [2.24, 2.45) is 0 Å². The van der Waals surface area contributed by atoms with Crippen LogP contribution >= 0.6 is 0 Å². The molecule has 174 valence electrons. The molecule has 2 N–H and O–H groups in total. The summed E-state index contributed by atoms with van der Waals surface area (Å²) in [7, 11) is 0. The van der Waals surface area contributed by atoms with E-state index in [4.69, 9.17) is 14.6 Å². The molecule has 4 rings (SSSR count). The first-order valence-electron chi connectivity index (χ1n) is 11.3. The predicted molar refractivity (Wildman–Crippen MR) is 121 cm³/mol. The molecule has 0 saturated carbocycles. The van der Waals surface area contributed by atoms with E-state index in [-0.39, 0.29) is 31.6 Å². The fraction of sp³-hybridized carbons (Fsp3) is 0.400. The van der Waals surface area contributed by atoms with Crippen LogP contribution < -0.4 is 5.32 Å². The van der Waals surface area contributed by atoms with Crippen LogP contribution in [0.15, 0.2) is 48.5 Å². The molecular formula is C25H28N2O6. The number of ether oxygens (including phenoxy) is 2. The van der Waals surface area contributed by atoms with Crippen molar-refractivity contribution in [1.82, 2.24) is 10.2 Å². The van der Waals surface area contributed by atoms with Crippen LogP contribution in [0.4, 0.5) is 4.79 Å². The maximum atomic E-state index is 12.3. The molecular weight excluding hydrogens is 424 g/mol. The average Bonchev–Trinajstić information content (AvgIpc) is 3.16. The van der Waals surface area contributed by atoms with Gasteiger partial charge < -0.3 is 24.8 Å². The van der Waals surface area contributed by atoms with E-state index in [1.54, 1.807) is 0 Å². The van der Waals surface area contributed by atoms with E-state index in [9.17, 15) is 14.4 Å². The van der Waals surface area contributed by atoms with Crippen LogP contribution in [0, 0.1) is 0 Å². The normalized spacial score (nSPS) is 17.2. The fourth-order valence-electron chi connectivity index (χ4n) is 4.42. The summed E-state index contributed by atoms with van der Waals surface area (Å²) in [6, 6.07) is 16.4. The van der Waals surface area contributed by atoms with Crippen molar-refractivity contribution in [2.75, 3.05) is 32.8 Å². The Bertz CT molecular complexity index is 978. The van der Waals surface area contributed by atoms with Crippen LogP contribution in [-0.4, -0.2) is 66.9 Å². The van der Waals surface area contributed by atoms with Gasteiger partial charge in [0.2, 0.25) is 5.91 Å². The molecule has 2 aromatic rings. The zero-order chi connectivity index (χ0) is 23.2. The smallest absolute Gasteiger partial charge is 0.407 e. The highest BCUT2D eigenvalue weighted by Crippen LogP contribution is 2.44. The lowest BCUT2D eigenvalue weighted by Gasteiger charge is -2.30. The molecule has 8 heteroatoms. The van der Waals surface area contributed by atoms with Gasteiger partial charge in [0.1, 0.15) is 6.61 Å². The van der Waals surface area contributed by atoms with Crippen LogP contribution in [0.5, 0.6) is 0 Å². The van der Waals surface area contributed by atoms with E-state index in [2.05, 4.69) is 29.6 Å². The van der Waals surface area contributed by atoms with Crippen molar-refractivity contribution in [2.45, 2.75) is 31.3 Å². The molecule has 0 spiro atoms. The van der Waals surface area contributed by atoms with Gasteiger partial charge in [0.15, 0.2) is 6.10 Å². The predicted octanol–water partition coefficient (Wildman–Crippen LogP) is 3.01. The molecule has 8 nitrogen and oxygen atoms in total. The lowest BCUT2D eigenvalue weighted by molar-refractivity contribution is -0.159. The number of carbonyl (C=O) groups is 3. The number of alkyl carbamates (subject to hydrolysis) is 1. The number of rotatable bonds is 8. The van der Waals surface area contributed by atoms with Gasteiger partial charge in [0, 0.05) is 25.4 Å². The number of carboxylic acids is 1. The van der Waals surface area contributed by atoms with Gasteiger partial charge in [-0.2, -0.15) is 0 Å². The number of carbonyl (C=O) groups excluding carboxylic acids is 2. The third-order valence-electron chi connectivity index (χ3n) is 6.13. The quantitative estimate of drug-likeness (QED) is 0.597. The molecule has 2 amide bonds. The van der Waals surface area contributed by atoms with Gasteiger partial charge in [-0.1, -0.05) is 48.5 Å². The first-order valence-corrected chi connectivity index (χ1v) is 11.3. The Morgan fingerprint density at radius 3 is 2.36 bits per heavy atom. The summed E-state index contributed by atoms with van der Waals surface area (Å²) in [6.07, 6.45) is 0.0949. The largest absolute Gasteiger partial charge is 0.479 e. The molecule has 2 aliphatic rings. The lowest BCUT2D eigenvalue weighted by Crippen LogP contribution is -2.48. The Morgan fingerprint density at radius 2 is 1.70 bits per heavy atom. The minimum Gasteiger partial charge on any atom is -0.479 e. The van der Waals surface area contributed by atoms with E-state index in [0.29, 0.717) is 32.4 Å². The van der Waals surface area contributed by atoms with Gasteiger partial charge in [0.25, 0.3) is 0 Å². The van der Waals surface area contributed by atoms with Crippen LogP contribution in [0.2, 0.25) is 0 Å². The van der Waals surface area contributed by atoms with Crippen LogP contribution in [-0.2, 0) is 19.1 Å². The van der Waals surface area contributed by atoms with Gasteiger partial charge in [-0.25, -0.2) is 9.59 Å². The van der Waals surface area contributed by atoms with Crippen molar-refractivity contribution >= 4 is 18.0 Å². The summed E-state index contributed by atoms with van der Waals surface area (Å²) in [5, 5.41) is 11.8. The zero-order valence-corrected chi connectivity index (χ0v) is 18.4. The molecule has 0 aromatic heterocycles. The monoisotopic (exact) mass is 452 g/mol. The van der Waals surface area contributed by atoms with Crippen LogP contribution in [0.25, 0.3) is 11.1 Å². The number of benzene rings is 2. The summed E-state index contributed by atoms with van der Waals surface area (Å²) in [5.41, 5.74) is 4.69. The maximum Gasteiger partial charge on any atom is 0.407 e. The second-order valence-electron chi connectivity index (χ2n) is 8.25. The summed E-state index contributed by atoms with van der Waals surface area (Å²) in [4.78, 5) is 37.0. The number of hydrogen-bond acceptors (Lipinski definition) is 5. The Hall–Kier alpha value is -3.39. The number of aliphatic carboxylic acids is 1. The second kappa shape index (κ2) is 10.5. The molecule has 1 saturated heterocycles. The fourth-order valence-corrected chi connectivity index (χ4v) is 4.42. The number of fused-ring (bicyclic) bond motifs is 3. The molecule has 1 atom stereocenters. The van der Waals surface area contributed by atoms with Gasteiger partial charge in [-0.15, -0.1) is 0 Å². The molecule has 2 aromatic carbocycles. The molecule has 33 heavy (non-hydrogen) atoms. The Kier molecular flexibility index (Phi) is 7.24. The molecule has 0 bridgehead atoms. The first kappa shape index (κ1) is 22.8. The SMILES string of the molecule is O=C(NCCCCC(=O)N1CCOC(C(=O)O)C1)OCC1c2ccccc2-c2ccccc21. The van der Waals surface area contributed by atoms with Crippen molar-refractivity contribution in [3.63, 3.8) is 0 Å². The van der Waals surface area contributed by atoms with Crippen molar-refractivity contribution in [1.29, 1.82) is 0 Å². The Labute approximate surface area is 192 Å². The number of carboxylic acid groups (broad SMARTS) is 1. The highest BCUT2D eigenvalue weighted by atomic mass is 16.5. The third kappa shape index (κ3) is 5.34. The molecule has 1 aliphatic heterocycles. The highest BCUT2D eigenvalue weighted by molar-refractivity contribution is 5.79. The number of nitrogens with zero attached hydrogens (tertiary/aromatic N) is 1. The van der Waals surface area contributed by atoms with Gasteiger partial charge in [-0.05, 0) is 35.1 Å². The number of morpholine rings is 1. The number of hydrogen-bond donors (Lipinski definition) is 2. The van der Waals surface area contributed by atoms with Crippen molar-refractivity contribution < 1.29 is 29.0 Å². The van der Waals surface area contributed by atoms with Crippen LogP contribution in [0.1, 0.15) is 36.3 Å². The Balaban J connectivity index is 1.17. The molecule has 0 radical (unpaired) electrons. The number of nitrogens with one attached hydrogen (secondary N) is 1. The second-order valence-corrected chi connectivity index (χ2v) is 8.25. The minimum atomic E-state index is -1.06. The molecule has 1 aliphatic carbocycles. The van der Waals surface area contributed by atoms with E-state index in [1.165, 1.54) is 27.2 Å². The standard InChI is InChI=1S/C25H28N2O6/c28-23(27-13-14-32-22(15-27)24(29)30)11-5-6-12-26-25(31)33-16-21-19-9-3-1-7-17(19)18-8-2-4-10-20(18)21/h1-4,7-10,21-22H,5-6,11-16H2,(H,26,31)(H,29,30). The summed E-state index contributed by atoms with van der Waals surface area (Å²) >= 11 is 0. The minimum absolute atomic E-state index is 0.0175. The summed E-state index contributed by atoms with van der Waals surface area (Å²) in [6.45, 7) is 1.38. The topological polar surface area (TPSA) is 105 Å². The molecule has 1 unspecified atom stereocenters. The van der Waals surface area contributed by atoms with Gasteiger partial charge in [-0.3, -0.25) is 4.79 Å². The van der Waals surface area contributed by atoms with E-state index in [1.807, 2.05) is 24.3 Å². The van der Waals surface area contributed by atoms with Crippen molar-refractivity contribution in [3.05, 3.63) is 59.7 Å². The van der Waals surface area contributed by atoms with Crippen LogP contribution in [0.3, 0.4) is 0 Å². The molecule has 1 fully saturated rings. The van der Waals surface area contributed by atoms with E-state index in [0.717, 1.165) is 0 Å². The maximum absolute atomic E-state index is 12.3. The number of amides is 2. The summed E-state index contributed by atoms with van der Waals surface area (Å²) in [5.74, 6) is -1.13. The average molecular weight is 453 g/mol. The number of unbranched alkanes of at least 4 members (excludes halogenated alkanes) is 1. The summed E-state index contributed by atoms with van der Waals surface area (Å²) < 4.78 is 10.6. The lowest BCUT2D eigenvalue weighted by atomic mass is 9.98.